The molecule has 1 saturated heterocycles. The van der Waals surface area contributed by atoms with Gasteiger partial charge in [0.1, 0.15) is 0 Å². The molecule has 4 rings (SSSR count). The molecule has 120 valence electrons. The second-order valence-electron chi connectivity index (χ2n) is 7.25. The lowest BCUT2D eigenvalue weighted by Crippen LogP contribution is -2.48. The zero-order chi connectivity index (χ0) is 14.8. The van der Waals surface area contributed by atoms with E-state index in [9.17, 15) is 0 Å². The Bertz CT molecular complexity index is 471. The van der Waals surface area contributed by atoms with Crippen molar-refractivity contribution in [1.82, 2.24) is 10.2 Å². The highest BCUT2D eigenvalue weighted by atomic mass is 16.5. The van der Waals surface area contributed by atoms with Crippen LogP contribution in [0, 0.1) is 0 Å². The van der Waals surface area contributed by atoms with Gasteiger partial charge >= 0.3 is 0 Å². The van der Waals surface area contributed by atoms with Gasteiger partial charge in [-0.1, -0.05) is 30.3 Å². The first-order valence-corrected chi connectivity index (χ1v) is 9.01. The van der Waals surface area contributed by atoms with Crippen LogP contribution >= 0.6 is 0 Å². The quantitative estimate of drug-likeness (QED) is 0.925. The first-order chi connectivity index (χ1) is 10.9. The van der Waals surface area contributed by atoms with E-state index in [0.29, 0.717) is 11.6 Å². The van der Waals surface area contributed by atoms with Gasteiger partial charge in [0.25, 0.3) is 0 Å². The third-order valence-corrected chi connectivity index (χ3v) is 5.82. The van der Waals surface area contributed by atoms with E-state index in [1.807, 2.05) is 0 Å². The normalized spacial score (nSPS) is 31.8. The summed E-state index contributed by atoms with van der Waals surface area (Å²) in [6.07, 6.45) is 7.97. The molecule has 1 aromatic rings. The van der Waals surface area contributed by atoms with Gasteiger partial charge in [0.15, 0.2) is 0 Å². The molecule has 3 nitrogen and oxygen atoms in total. The van der Waals surface area contributed by atoms with Crippen LogP contribution in [0.15, 0.2) is 30.3 Å². The number of nitrogens with zero attached hydrogens (tertiary/aromatic N) is 1. The monoisotopic (exact) mass is 300 g/mol. The lowest BCUT2D eigenvalue weighted by molar-refractivity contribution is 0.00614. The molecule has 2 aliphatic carbocycles. The number of benzene rings is 1. The fourth-order valence-electron chi connectivity index (χ4n) is 4.32. The third-order valence-electron chi connectivity index (χ3n) is 5.82. The van der Waals surface area contributed by atoms with Crippen molar-refractivity contribution in [2.75, 3.05) is 26.3 Å². The van der Waals surface area contributed by atoms with Crippen LogP contribution in [-0.4, -0.2) is 43.3 Å². The maximum absolute atomic E-state index is 5.48. The predicted molar refractivity (Wildman–Crippen MR) is 88.9 cm³/mol. The Labute approximate surface area is 134 Å². The SMILES string of the molecule is c1ccc(C2(N[C@H]3CC[C@H](N4CCOCC4)CC3)CC2)cc1. The highest BCUT2D eigenvalue weighted by Gasteiger charge is 2.45. The van der Waals surface area contributed by atoms with Gasteiger partial charge in [-0.05, 0) is 44.1 Å². The molecule has 1 aromatic carbocycles. The molecule has 0 unspecified atom stereocenters. The summed E-state index contributed by atoms with van der Waals surface area (Å²) in [6, 6.07) is 12.6. The molecule has 3 fully saturated rings. The van der Waals surface area contributed by atoms with Crippen LogP contribution in [0.4, 0.5) is 0 Å². The molecule has 1 aliphatic heterocycles. The van der Waals surface area contributed by atoms with Crippen LogP contribution in [0.5, 0.6) is 0 Å². The summed E-state index contributed by atoms with van der Waals surface area (Å²) in [6.45, 7) is 4.12. The van der Waals surface area contributed by atoms with E-state index < -0.39 is 0 Å². The molecule has 3 heteroatoms. The lowest BCUT2D eigenvalue weighted by atomic mass is 9.88. The van der Waals surface area contributed by atoms with E-state index in [1.54, 1.807) is 0 Å². The average molecular weight is 300 g/mol. The van der Waals surface area contributed by atoms with Crippen molar-refractivity contribution in [3.05, 3.63) is 35.9 Å². The van der Waals surface area contributed by atoms with Crippen molar-refractivity contribution in [3.63, 3.8) is 0 Å². The molecule has 1 heterocycles. The number of morpholine rings is 1. The highest BCUT2D eigenvalue weighted by Crippen LogP contribution is 2.46. The van der Waals surface area contributed by atoms with Gasteiger partial charge in [-0.25, -0.2) is 0 Å². The summed E-state index contributed by atoms with van der Waals surface area (Å²) in [5, 5.41) is 4.00. The Balaban J connectivity index is 1.31. The summed E-state index contributed by atoms with van der Waals surface area (Å²) in [5.41, 5.74) is 1.79. The first-order valence-electron chi connectivity index (χ1n) is 9.01. The molecule has 0 aromatic heterocycles. The minimum atomic E-state index is 0.303. The molecular weight excluding hydrogens is 272 g/mol. The van der Waals surface area contributed by atoms with Gasteiger partial charge in [-0.3, -0.25) is 4.90 Å². The van der Waals surface area contributed by atoms with E-state index in [1.165, 1.54) is 44.1 Å². The van der Waals surface area contributed by atoms with Crippen molar-refractivity contribution < 1.29 is 4.74 Å². The number of hydrogen-bond acceptors (Lipinski definition) is 3. The Hall–Kier alpha value is -0.900. The van der Waals surface area contributed by atoms with Gasteiger partial charge in [0, 0.05) is 30.7 Å². The van der Waals surface area contributed by atoms with Gasteiger partial charge in [0.05, 0.1) is 13.2 Å². The Morgan fingerprint density at radius 1 is 0.955 bits per heavy atom. The second kappa shape index (κ2) is 6.31. The van der Waals surface area contributed by atoms with Crippen molar-refractivity contribution in [1.29, 1.82) is 0 Å². The Kier molecular flexibility index (Phi) is 4.21. The third kappa shape index (κ3) is 3.08. The largest absolute Gasteiger partial charge is 0.379 e. The van der Waals surface area contributed by atoms with E-state index in [4.69, 9.17) is 4.74 Å². The molecule has 0 atom stereocenters. The predicted octanol–water partition coefficient (Wildman–Crippen LogP) is 2.91. The average Bonchev–Trinajstić information content (AvgIpc) is 3.38. The molecule has 3 aliphatic rings. The van der Waals surface area contributed by atoms with Crippen LogP contribution in [0.3, 0.4) is 0 Å². The van der Waals surface area contributed by atoms with Gasteiger partial charge < -0.3 is 10.1 Å². The zero-order valence-electron chi connectivity index (χ0n) is 13.5. The lowest BCUT2D eigenvalue weighted by Gasteiger charge is -2.40. The molecule has 0 spiro atoms. The highest BCUT2D eigenvalue weighted by molar-refractivity contribution is 5.30. The molecule has 2 saturated carbocycles. The van der Waals surface area contributed by atoms with Crippen LogP contribution < -0.4 is 5.32 Å². The minimum Gasteiger partial charge on any atom is -0.379 e. The van der Waals surface area contributed by atoms with Gasteiger partial charge in [-0.2, -0.15) is 0 Å². The van der Waals surface area contributed by atoms with Crippen molar-refractivity contribution >= 4 is 0 Å². The molecule has 0 radical (unpaired) electrons. The van der Waals surface area contributed by atoms with Gasteiger partial charge in [-0.15, -0.1) is 0 Å². The van der Waals surface area contributed by atoms with Crippen LogP contribution in [0.25, 0.3) is 0 Å². The molecule has 22 heavy (non-hydrogen) atoms. The maximum atomic E-state index is 5.48. The summed E-state index contributed by atoms with van der Waals surface area (Å²) >= 11 is 0. The smallest absolute Gasteiger partial charge is 0.0594 e. The maximum Gasteiger partial charge on any atom is 0.0594 e. The fraction of sp³-hybridized carbons (Fsp3) is 0.684. The number of rotatable bonds is 4. The van der Waals surface area contributed by atoms with E-state index in [0.717, 1.165) is 32.3 Å². The fourth-order valence-corrected chi connectivity index (χ4v) is 4.32. The summed E-state index contributed by atoms with van der Waals surface area (Å²) in [4.78, 5) is 2.66. The minimum absolute atomic E-state index is 0.303. The summed E-state index contributed by atoms with van der Waals surface area (Å²) in [5.74, 6) is 0. The summed E-state index contributed by atoms with van der Waals surface area (Å²) < 4.78 is 5.48. The zero-order valence-corrected chi connectivity index (χ0v) is 13.5. The van der Waals surface area contributed by atoms with E-state index in [2.05, 4.69) is 40.5 Å². The summed E-state index contributed by atoms with van der Waals surface area (Å²) in [7, 11) is 0. The number of ether oxygens (including phenoxy) is 1. The molecule has 1 N–H and O–H groups in total. The van der Waals surface area contributed by atoms with Crippen molar-refractivity contribution in [2.24, 2.45) is 0 Å². The number of nitrogens with one attached hydrogen (secondary N) is 1. The first kappa shape index (κ1) is 14.7. The van der Waals surface area contributed by atoms with E-state index >= 15 is 0 Å². The Morgan fingerprint density at radius 3 is 2.27 bits per heavy atom. The van der Waals surface area contributed by atoms with Crippen LogP contribution in [-0.2, 0) is 10.3 Å². The Morgan fingerprint density at radius 2 is 1.64 bits per heavy atom. The topological polar surface area (TPSA) is 24.5 Å². The van der Waals surface area contributed by atoms with Crippen LogP contribution in [0.2, 0.25) is 0 Å². The molecule has 0 amide bonds. The van der Waals surface area contributed by atoms with Crippen LogP contribution in [0.1, 0.15) is 44.1 Å². The second-order valence-corrected chi connectivity index (χ2v) is 7.25. The molecule has 0 bridgehead atoms. The standard InChI is InChI=1S/C19H28N2O/c1-2-4-16(5-3-1)19(10-11-19)20-17-6-8-18(9-7-17)21-12-14-22-15-13-21/h1-5,17-18,20H,6-15H2/t17-,18-. The van der Waals surface area contributed by atoms with Crippen molar-refractivity contribution in [2.45, 2.75) is 56.1 Å². The number of hydrogen-bond donors (Lipinski definition) is 1. The van der Waals surface area contributed by atoms with E-state index in [-0.39, 0.29) is 0 Å². The molecular formula is C19H28N2O. The van der Waals surface area contributed by atoms with Gasteiger partial charge in [0.2, 0.25) is 0 Å². The van der Waals surface area contributed by atoms with Crippen molar-refractivity contribution in [3.8, 4) is 0 Å².